The largest absolute Gasteiger partial charge is 0.372 e. The van der Waals surface area contributed by atoms with Crippen molar-refractivity contribution in [2.75, 3.05) is 5.32 Å². The Morgan fingerprint density at radius 3 is 2.52 bits per heavy atom. The molecule has 0 saturated heterocycles. The molecule has 0 saturated carbocycles. The van der Waals surface area contributed by atoms with Gasteiger partial charge in [-0.15, -0.1) is 0 Å². The van der Waals surface area contributed by atoms with Crippen LogP contribution in [0.2, 0.25) is 0 Å². The Kier molecular flexibility index (Phi) is 3.53. The van der Waals surface area contributed by atoms with E-state index in [1.807, 2.05) is 6.07 Å². The van der Waals surface area contributed by atoms with E-state index in [9.17, 15) is 17.6 Å². The number of nitrogens with one attached hydrogen (secondary N) is 1. The zero-order valence-corrected chi connectivity index (χ0v) is 11.0. The van der Waals surface area contributed by atoms with Crippen LogP contribution >= 0.6 is 0 Å². The first kappa shape index (κ1) is 13.9. The van der Waals surface area contributed by atoms with Gasteiger partial charge in [0.15, 0.2) is 23.3 Å². The number of hydrogen-bond donors (Lipinski definition) is 1. The van der Waals surface area contributed by atoms with Gasteiger partial charge < -0.3 is 5.32 Å². The molecule has 21 heavy (non-hydrogen) atoms. The third-order valence-corrected chi connectivity index (χ3v) is 3.63. The van der Waals surface area contributed by atoms with Crippen LogP contribution in [0.25, 0.3) is 0 Å². The zero-order valence-electron chi connectivity index (χ0n) is 11.0. The first-order valence-electron chi connectivity index (χ1n) is 6.61. The van der Waals surface area contributed by atoms with Gasteiger partial charge in [0.1, 0.15) is 5.69 Å². The van der Waals surface area contributed by atoms with Crippen molar-refractivity contribution >= 4 is 5.69 Å². The molecule has 1 aromatic heterocycles. The van der Waals surface area contributed by atoms with Gasteiger partial charge in [0.25, 0.3) is 0 Å². The molecule has 6 heteroatoms. The maximum Gasteiger partial charge on any atom is 0.185 e. The standard InChI is InChI=1S/C15H12F4N2/c16-9-7-10(17)13(19)15(12(9)18)21-11-5-1-3-8-4-2-6-20-14(8)11/h2,4,6-7,11,21H,1,3,5H2. The third kappa shape index (κ3) is 2.46. The minimum absolute atomic E-state index is 0.197. The number of benzene rings is 1. The van der Waals surface area contributed by atoms with Crippen LogP contribution < -0.4 is 5.32 Å². The number of pyridine rings is 1. The molecule has 2 nitrogen and oxygen atoms in total. The van der Waals surface area contributed by atoms with E-state index in [4.69, 9.17) is 0 Å². The molecule has 1 aromatic carbocycles. The second-order valence-corrected chi connectivity index (χ2v) is 4.98. The second kappa shape index (κ2) is 5.35. The van der Waals surface area contributed by atoms with Gasteiger partial charge in [0, 0.05) is 12.3 Å². The predicted molar refractivity (Wildman–Crippen MR) is 69.8 cm³/mol. The molecule has 0 radical (unpaired) electrons. The number of hydrogen-bond acceptors (Lipinski definition) is 2. The van der Waals surface area contributed by atoms with Gasteiger partial charge in [-0.2, -0.15) is 0 Å². The molecule has 0 bridgehead atoms. The molecular formula is C15H12F4N2. The van der Waals surface area contributed by atoms with Crippen LogP contribution in [0.3, 0.4) is 0 Å². The SMILES string of the molecule is Fc1cc(F)c(F)c(NC2CCCc3cccnc32)c1F. The molecule has 2 aromatic rings. The van der Waals surface area contributed by atoms with E-state index < -0.39 is 35.0 Å². The molecule has 1 heterocycles. The highest BCUT2D eigenvalue weighted by molar-refractivity contribution is 5.49. The van der Waals surface area contributed by atoms with Gasteiger partial charge in [-0.25, -0.2) is 17.6 Å². The zero-order chi connectivity index (χ0) is 15.0. The molecular weight excluding hydrogens is 284 g/mol. The number of rotatable bonds is 2. The summed E-state index contributed by atoms with van der Waals surface area (Å²) >= 11 is 0. The Morgan fingerprint density at radius 1 is 1.10 bits per heavy atom. The Balaban J connectivity index is 1.99. The minimum atomic E-state index is -1.42. The lowest BCUT2D eigenvalue weighted by atomic mass is 9.91. The molecule has 1 aliphatic carbocycles. The molecule has 0 fully saturated rings. The lowest BCUT2D eigenvalue weighted by Gasteiger charge is -2.26. The van der Waals surface area contributed by atoms with Crippen LogP contribution in [0.15, 0.2) is 24.4 Å². The van der Waals surface area contributed by atoms with Crippen molar-refractivity contribution in [2.24, 2.45) is 0 Å². The van der Waals surface area contributed by atoms with Crippen molar-refractivity contribution in [3.8, 4) is 0 Å². The topological polar surface area (TPSA) is 24.9 Å². The number of halogens is 4. The van der Waals surface area contributed by atoms with E-state index >= 15 is 0 Å². The maximum absolute atomic E-state index is 13.7. The van der Waals surface area contributed by atoms with Gasteiger partial charge in [-0.05, 0) is 30.9 Å². The summed E-state index contributed by atoms with van der Waals surface area (Å²) in [4.78, 5) is 4.21. The molecule has 0 amide bonds. The van der Waals surface area contributed by atoms with Crippen molar-refractivity contribution in [2.45, 2.75) is 25.3 Å². The van der Waals surface area contributed by atoms with E-state index in [-0.39, 0.29) is 6.07 Å². The molecule has 0 aliphatic heterocycles. The highest BCUT2D eigenvalue weighted by Crippen LogP contribution is 2.33. The molecule has 1 atom stereocenters. The van der Waals surface area contributed by atoms with E-state index in [0.717, 1.165) is 18.4 Å². The Hall–Kier alpha value is -2.11. The Bertz CT molecular complexity index is 661. The minimum Gasteiger partial charge on any atom is -0.372 e. The van der Waals surface area contributed by atoms with Crippen molar-refractivity contribution < 1.29 is 17.6 Å². The fourth-order valence-electron chi connectivity index (χ4n) is 2.62. The number of fused-ring (bicyclic) bond motifs is 1. The van der Waals surface area contributed by atoms with Crippen LogP contribution in [0.5, 0.6) is 0 Å². The summed E-state index contributed by atoms with van der Waals surface area (Å²) in [6.45, 7) is 0. The summed E-state index contributed by atoms with van der Waals surface area (Å²) < 4.78 is 53.9. The van der Waals surface area contributed by atoms with Crippen molar-refractivity contribution in [3.63, 3.8) is 0 Å². The third-order valence-electron chi connectivity index (χ3n) is 3.63. The van der Waals surface area contributed by atoms with E-state index in [2.05, 4.69) is 10.3 Å². The monoisotopic (exact) mass is 296 g/mol. The van der Waals surface area contributed by atoms with E-state index in [0.29, 0.717) is 12.1 Å². The Labute approximate surface area is 118 Å². The summed E-state index contributed by atoms with van der Waals surface area (Å²) in [5.41, 5.74) is 0.849. The fourth-order valence-corrected chi connectivity index (χ4v) is 2.62. The molecule has 110 valence electrons. The molecule has 1 unspecified atom stereocenters. The van der Waals surface area contributed by atoms with Crippen LogP contribution in [-0.4, -0.2) is 4.98 Å². The number of aromatic nitrogens is 1. The Morgan fingerprint density at radius 2 is 1.81 bits per heavy atom. The average Bonchev–Trinajstić information content (AvgIpc) is 2.50. The van der Waals surface area contributed by atoms with Gasteiger partial charge >= 0.3 is 0 Å². The van der Waals surface area contributed by atoms with E-state index in [1.54, 1.807) is 12.3 Å². The van der Waals surface area contributed by atoms with Gasteiger partial charge in [0.05, 0.1) is 11.7 Å². The number of aryl methyl sites for hydroxylation is 1. The van der Waals surface area contributed by atoms with Crippen LogP contribution in [-0.2, 0) is 6.42 Å². The average molecular weight is 296 g/mol. The van der Waals surface area contributed by atoms with Crippen LogP contribution in [0, 0.1) is 23.3 Å². The normalized spacial score (nSPS) is 17.4. The summed E-state index contributed by atoms with van der Waals surface area (Å²) in [6.07, 6.45) is 3.79. The molecule has 1 aliphatic rings. The summed E-state index contributed by atoms with van der Waals surface area (Å²) in [7, 11) is 0. The molecule has 3 rings (SSSR count). The maximum atomic E-state index is 13.7. The lowest BCUT2D eigenvalue weighted by Crippen LogP contribution is -2.20. The smallest absolute Gasteiger partial charge is 0.185 e. The number of anilines is 1. The fraction of sp³-hybridized carbons (Fsp3) is 0.267. The highest BCUT2D eigenvalue weighted by Gasteiger charge is 2.26. The highest BCUT2D eigenvalue weighted by atomic mass is 19.2. The summed E-state index contributed by atoms with van der Waals surface area (Å²) in [6, 6.07) is 3.39. The first-order valence-corrected chi connectivity index (χ1v) is 6.61. The van der Waals surface area contributed by atoms with Crippen molar-refractivity contribution in [1.82, 2.24) is 4.98 Å². The van der Waals surface area contributed by atoms with Gasteiger partial charge in [-0.1, -0.05) is 6.07 Å². The second-order valence-electron chi connectivity index (χ2n) is 4.98. The van der Waals surface area contributed by atoms with Crippen LogP contribution in [0.1, 0.15) is 30.1 Å². The van der Waals surface area contributed by atoms with E-state index in [1.165, 1.54) is 0 Å². The van der Waals surface area contributed by atoms with Gasteiger partial charge in [0.2, 0.25) is 0 Å². The first-order chi connectivity index (χ1) is 10.1. The van der Waals surface area contributed by atoms with Crippen molar-refractivity contribution in [1.29, 1.82) is 0 Å². The van der Waals surface area contributed by atoms with Crippen molar-refractivity contribution in [3.05, 3.63) is 58.9 Å². The number of nitrogens with zero attached hydrogens (tertiary/aromatic N) is 1. The molecule has 0 spiro atoms. The predicted octanol–water partition coefficient (Wildman–Crippen LogP) is 4.13. The molecule has 1 N–H and O–H groups in total. The summed E-state index contributed by atoms with van der Waals surface area (Å²) in [5, 5.41) is 2.56. The van der Waals surface area contributed by atoms with Crippen LogP contribution in [0.4, 0.5) is 23.2 Å². The van der Waals surface area contributed by atoms with Gasteiger partial charge in [-0.3, -0.25) is 4.98 Å². The summed E-state index contributed by atoms with van der Waals surface area (Å²) in [5.74, 6) is -5.68. The lowest BCUT2D eigenvalue weighted by molar-refractivity contribution is 0.454. The quantitative estimate of drug-likeness (QED) is 0.666.